The Balaban J connectivity index is 2.31. The van der Waals surface area contributed by atoms with Gasteiger partial charge in [-0.3, -0.25) is 4.79 Å². The van der Waals surface area contributed by atoms with Crippen LogP contribution in [-0.2, 0) is 16.1 Å². The quantitative estimate of drug-likeness (QED) is 0.702. The van der Waals surface area contributed by atoms with Crippen molar-refractivity contribution in [2.24, 2.45) is 0 Å². The van der Waals surface area contributed by atoms with Crippen molar-refractivity contribution in [1.29, 1.82) is 0 Å². The molecular formula is C13H17BrN2O4. The van der Waals surface area contributed by atoms with Gasteiger partial charge >= 0.3 is 12.0 Å². The number of methoxy groups -OCH3 is 1. The smallest absolute Gasteiger partial charge is 0.315 e. The lowest BCUT2D eigenvalue weighted by Gasteiger charge is -2.14. The third-order valence-electron chi connectivity index (χ3n) is 2.57. The number of urea groups is 1. The molecule has 1 aromatic rings. The summed E-state index contributed by atoms with van der Waals surface area (Å²) in [5, 5.41) is 13.9. The third-order valence-corrected chi connectivity index (χ3v) is 3.06. The lowest BCUT2D eigenvalue weighted by atomic mass is 10.2. The van der Waals surface area contributed by atoms with Crippen LogP contribution in [0, 0.1) is 0 Å². The SMILES string of the molecule is COC(CNC(=O)NCc1cccc(Br)c1)CC(=O)O. The van der Waals surface area contributed by atoms with Crippen molar-refractivity contribution in [3.63, 3.8) is 0 Å². The van der Waals surface area contributed by atoms with Gasteiger partial charge < -0.3 is 20.5 Å². The zero-order chi connectivity index (χ0) is 15.0. The van der Waals surface area contributed by atoms with E-state index in [4.69, 9.17) is 9.84 Å². The second kappa shape index (κ2) is 8.55. The molecule has 0 aliphatic heterocycles. The number of rotatable bonds is 7. The number of benzene rings is 1. The highest BCUT2D eigenvalue weighted by Gasteiger charge is 2.13. The Hall–Kier alpha value is -1.60. The number of ether oxygens (including phenoxy) is 1. The van der Waals surface area contributed by atoms with E-state index in [-0.39, 0.29) is 19.0 Å². The standard InChI is InChI=1S/C13H17BrN2O4/c1-20-11(6-12(17)18)8-16-13(19)15-7-9-3-2-4-10(14)5-9/h2-5,11H,6-8H2,1H3,(H,17,18)(H2,15,16,19). The molecule has 0 aliphatic carbocycles. The molecule has 0 bridgehead atoms. The van der Waals surface area contributed by atoms with E-state index in [2.05, 4.69) is 26.6 Å². The molecule has 0 saturated carbocycles. The summed E-state index contributed by atoms with van der Waals surface area (Å²) in [5.41, 5.74) is 0.961. The van der Waals surface area contributed by atoms with Gasteiger partial charge in [-0.05, 0) is 17.7 Å². The fourth-order valence-electron chi connectivity index (χ4n) is 1.53. The number of carbonyl (C=O) groups is 2. The van der Waals surface area contributed by atoms with Gasteiger partial charge in [-0.2, -0.15) is 0 Å². The summed E-state index contributed by atoms with van der Waals surface area (Å²) in [4.78, 5) is 22.1. The molecule has 6 nitrogen and oxygen atoms in total. The first-order valence-corrected chi connectivity index (χ1v) is 6.81. The van der Waals surface area contributed by atoms with Crippen LogP contribution in [0.4, 0.5) is 4.79 Å². The Kier molecular flexibility index (Phi) is 7.03. The summed E-state index contributed by atoms with van der Waals surface area (Å²) in [6, 6.07) is 7.22. The molecule has 3 N–H and O–H groups in total. The highest BCUT2D eigenvalue weighted by Crippen LogP contribution is 2.11. The summed E-state index contributed by atoms with van der Waals surface area (Å²) in [7, 11) is 1.41. The van der Waals surface area contributed by atoms with Crippen LogP contribution in [0.2, 0.25) is 0 Å². The molecule has 20 heavy (non-hydrogen) atoms. The minimum absolute atomic E-state index is 0.146. The minimum Gasteiger partial charge on any atom is -0.481 e. The Morgan fingerprint density at radius 3 is 2.75 bits per heavy atom. The molecular weight excluding hydrogens is 328 g/mol. The maximum atomic E-state index is 11.6. The highest BCUT2D eigenvalue weighted by molar-refractivity contribution is 9.10. The zero-order valence-corrected chi connectivity index (χ0v) is 12.6. The second-order valence-corrected chi connectivity index (χ2v) is 5.06. The maximum Gasteiger partial charge on any atom is 0.315 e. The van der Waals surface area contributed by atoms with Gasteiger partial charge in [0.2, 0.25) is 0 Å². The van der Waals surface area contributed by atoms with Crippen LogP contribution in [0.1, 0.15) is 12.0 Å². The van der Waals surface area contributed by atoms with Crippen LogP contribution >= 0.6 is 15.9 Å². The summed E-state index contributed by atoms with van der Waals surface area (Å²) in [5.74, 6) is -0.965. The van der Waals surface area contributed by atoms with Gasteiger partial charge in [-0.1, -0.05) is 28.1 Å². The molecule has 7 heteroatoms. The fraction of sp³-hybridized carbons (Fsp3) is 0.385. The van der Waals surface area contributed by atoms with Crippen molar-refractivity contribution in [3.8, 4) is 0 Å². The van der Waals surface area contributed by atoms with Gasteiger partial charge in [0.15, 0.2) is 0 Å². The average Bonchev–Trinajstić information content (AvgIpc) is 2.40. The van der Waals surface area contributed by atoms with Crippen molar-refractivity contribution in [1.82, 2.24) is 10.6 Å². The van der Waals surface area contributed by atoms with Crippen molar-refractivity contribution >= 4 is 27.9 Å². The molecule has 0 saturated heterocycles. The summed E-state index contributed by atoms with van der Waals surface area (Å²) in [6.07, 6.45) is -0.688. The number of carbonyl (C=O) groups excluding carboxylic acids is 1. The Morgan fingerprint density at radius 1 is 1.40 bits per heavy atom. The number of halogens is 1. The molecule has 1 atom stereocenters. The van der Waals surface area contributed by atoms with Crippen LogP contribution in [0.15, 0.2) is 28.7 Å². The summed E-state index contributed by atoms with van der Waals surface area (Å²) < 4.78 is 5.90. The number of aliphatic carboxylic acids is 1. The van der Waals surface area contributed by atoms with Crippen LogP contribution < -0.4 is 10.6 Å². The van der Waals surface area contributed by atoms with Crippen molar-refractivity contribution < 1.29 is 19.4 Å². The molecule has 1 unspecified atom stereocenters. The van der Waals surface area contributed by atoms with E-state index >= 15 is 0 Å². The van der Waals surface area contributed by atoms with Crippen LogP contribution in [0.3, 0.4) is 0 Å². The predicted octanol–water partition coefficient (Wildman–Crippen LogP) is 1.74. The van der Waals surface area contributed by atoms with E-state index in [1.807, 2.05) is 24.3 Å². The topological polar surface area (TPSA) is 87.7 Å². The van der Waals surface area contributed by atoms with Crippen LogP contribution in [0.25, 0.3) is 0 Å². The predicted molar refractivity (Wildman–Crippen MR) is 77.4 cm³/mol. The molecule has 1 aromatic carbocycles. The molecule has 0 aromatic heterocycles. The van der Waals surface area contributed by atoms with E-state index in [1.165, 1.54) is 7.11 Å². The largest absolute Gasteiger partial charge is 0.481 e. The average molecular weight is 345 g/mol. The normalized spacial score (nSPS) is 11.7. The molecule has 0 heterocycles. The first-order valence-electron chi connectivity index (χ1n) is 6.02. The lowest BCUT2D eigenvalue weighted by molar-refractivity contribution is -0.139. The third kappa shape index (κ3) is 6.53. The van der Waals surface area contributed by atoms with Gasteiger partial charge in [0, 0.05) is 24.7 Å². The van der Waals surface area contributed by atoms with Gasteiger partial charge in [0.05, 0.1) is 12.5 Å². The molecule has 0 radical (unpaired) electrons. The molecule has 110 valence electrons. The van der Waals surface area contributed by atoms with Crippen LogP contribution in [-0.4, -0.2) is 36.9 Å². The monoisotopic (exact) mass is 344 g/mol. The summed E-state index contributed by atoms with van der Waals surface area (Å²) in [6.45, 7) is 0.537. The van der Waals surface area contributed by atoms with E-state index in [0.29, 0.717) is 6.54 Å². The number of carboxylic acid groups (broad SMARTS) is 1. The number of hydrogen-bond donors (Lipinski definition) is 3. The van der Waals surface area contributed by atoms with Gasteiger partial charge in [0.1, 0.15) is 0 Å². The molecule has 0 aliphatic rings. The van der Waals surface area contributed by atoms with Crippen molar-refractivity contribution in [2.75, 3.05) is 13.7 Å². The highest BCUT2D eigenvalue weighted by atomic mass is 79.9. The van der Waals surface area contributed by atoms with E-state index in [9.17, 15) is 9.59 Å². The van der Waals surface area contributed by atoms with Crippen molar-refractivity contribution in [3.05, 3.63) is 34.3 Å². The Morgan fingerprint density at radius 2 is 2.15 bits per heavy atom. The van der Waals surface area contributed by atoms with Crippen LogP contribution in [0.5, 0.6) is 0 Å². The van der Waals surface area contributed by atoms with Gasteiger partial charge in [-0.25, -0.2) is 4.79 Å². The first-order chi connectivity index (χ1) is 9.51. The Labute approximate surface area is 125 Å². The van der Waals surface area contributed by atoms with E-state index < -0.39 is 12.1 Å². The van der Waals surface area contributed by atoms with Gasteiger partial charge in [-0.15, -0.1) is 0 Å². The fourth-order valence-corrected chi connectivity index (χ4v) is 1.98. The number of amides is 2. The summed E-state index contributed by atoms with van der Waals surface area (Å²) >= 11 is 3.35. The van der Waals surface area contributed by atoms with Crippen molar-refractivity contribution in [2.45, 2.75) is 19.1 Å². The zero-order valence-electron chi connectivity index (χ0n) is 11.1. The number of hydrogen-bond acceptors (Lipinski definition) is 3. The Bertz CT molecular complexity index is 467. The number of nitrogens with one attached hydrogen (secondary N) is 2. The molecule has 1 rings (SSSR count). The maximum absolute atomic E-state index is 11.6. The molecule has 0 spiro atoms. The second-order valence-electron chi connectivity index (χ2n) is 4.15. The number of carboxylic acids is 1. The molecule has 0 fully saturated rings. The molecule has 2 amide bonds. The van der Waals surface area contributed by atoms with Gasteiger partial charge in [0.25, 0.3) is 0 Å². The lowest BCUT2D eigenvalue weighted by Crippen LogP contribution is -2.40. The first kappa shape index (κ1) is 16.5. The van der Waals surface area contributed by atoms with E-state index in [1.54, 1.807) is 0 Å². The van der Waals surface area contributed by atoms with E-state index in [0.717, 1.165) is 10.0 Å². The minimum atomic E-state index is -0.965.